The summed E-state index contributed by atoms with van der Waals surface area (Å²) in [7, 11) is 0. The molecule has 0 amide bonds. The second-order valence-electron chi connectivity index (χ2n) is 3.68. The quantitative estimate of drug-likeness (QED) is 0.821. The van der Waals surface area contributed by atoms with Crippen LogP contribution in [0.5, 0.6) is 0 Å². The van der Waals surface area contributed by atoms with Gasteiger partial charge in [-0.1, -0.05) is 4.68 Å². The molecule has 0 aliphatic heterocycles. The van der Waals surface area contributed by atoms with Crippen LogP contribution in [0.25, 0.3) is 11.3 Å². The van der Waals surface area contributed by atoms with Crippen molar-refractivity contribution in [3.63, 3.8) is 0 Å². The number of pyridine rings is 1. The van der Waals surface area contributed by atoms with Gasteiger partial charge in [0.15, 0.2) is 12.7 Å². The molecule has 18 heavy (non-hydrogen) atoms. The largest absolute Gasteiger partial charge is 0.481 e. The Labute approximate surface area is 103 Å². The molecule has 0 unspecified atom stereocenters. The predicted octanol–water partition coefficient (Wildman–Crippen LogP) is 1.04. The molecule has 0 bridgehead atoms. The highest BCUT2D eigenvalue weighted by Crippen LogP contribution is 2.13. The lowest BCUT2D eigenvalue weighted by Gasteiger charge is -1.98. The van der Waals surface area contributed by atoms with Crippen molar-refractivity contribution < 1.29 is 19.0 Å². The minimum atomic E-state index is -0.867. The molecule has 0 aromatic carbocycles. The summed E-state index contributed by atoms with van der Waals surface area (Å²) in [5, 5.41) is 12.6. The molecular weight excluding hydrogens is 237 g/mol. The van der Waals surface area contributed by atoms with Crippen LogP contribution >= 0.6 is 0 Å². The van der Waals surface area contributed by atoms with E-state index < -0.39 is 5.97 Å². The van der Waals surface area contributed by atoms with E-state index in [2.05, 4.69) is 10.1 Å². The number of halogens is 1. The lowest BCUT2D eigenvalue weighted by atomic mass is 10.2. The van der Waals surface area contributed by atoms with E-state index in [1.807, 2.05) is 0 Å². The molecule has 2 aromatic rings. The topological polar surface area (TPSA) is 67.0 Å². The van der Waals surface area contributed by atoms with E-state index in [4.69, 9.17) is 5.11 Å². The third kappa shape index (κ3) is 3.07. The van der Waals surface area contributed by atoms with Gasteiger partial charge >= 0.3 is 5.97 Å². The zero-order valence-corrected chi connectivity index (χ0v) is 9.45. The number of nitrogens with zero attached hydrogens (tertiary/aromatic N) is 3. The molecular formula is C12H11FN3O2+. The van der Waals surface area contributed by atoms with Crippen molar-refractivity contribution in [2.45, 2.75) is 13.0 Å². The number of carbonyl (C=O) groups is 1. The third-order valence-electron chi connectivity index (χ3n) is 2.35. The van der Waals surface area contributed by atoms with Gasteiger partial charge in [0.25, 0.3) is 0 Å². The number of carboxylic acid groups (broad SMARTS) is 1. The smallest absolute Gasteiger partial charge is 0.309 e. The fraction of sp³-hybridized carbons (Fsp3) is 0.167. The second kappa shape index (κ2) is 5.31. The van der Waals surface area contributed by atoms with E-state index >= 15 is 0 Å². The van der Waals surface area contributed by atoms with Crippen molar-refractivity contribution in [1.82, 2.24) is 10.1 Å². The first-order valence-electron chi connectivity index (χ1n) is 5.34. The average molecular weight is 248 g/mol. The first kappa shape index (κ1) is 12.1. The molecule has 0 aliphatic carbocycles. The van der Waals surface area contributed by atoms with Gasteiger partial charge in [-0.2, -0.15) is 0 Å². The molecule has 6 heteroatoms. The zero-order chi connectivity index (χ0) is 13.0. The van der Waals surface area contributed by atoms with Gasteiger partial charge in [0, 0.05) is 11.6 Å². The summed E-state index contributed by atoms with van der Waals surface area (Å²) in [5.74, 6) is -1.26. The monoisotopic (exact) mass is 248 g/mol. The molecule has 2 rings (SSSR count). The maximum atomic E-state index is 12.7. The summed E-state index contributed by atoms with van der Waals surface area (Å²) in [6.45, 7) is 0.312. The van der Waals surface area contributed by atoms with Gasteiger partial charge in [-0.05, 0) is 17.2 Å². The zero-order valence-electron chi connectivity index (χ0n) is 9.45. The molecule has 0 radical (unpaired) electrons. The second-order valence-corrected chi connectivity index (χ2v) is 3.68. The van der Waals surface area contributed by atoms with E-state index in [9.17, 15) is 9.18 Å². The standard InChI is InChI=1S/C12H10FN3O2/c13-10-1-2-11(14-8-10)9-3-5-16(15-7-9)6-4-12(17)18/h1-3,5,7-8H,4,6H2/p+1. The normalized spacial score (nSPS) is 10.3. The van der Waals surface area contributed by atoms with Gasteiger partial charge in [0.05, 0.1) is 11.9 Å². The molecule has 2 aromatic heterocycles. The van der Waals surface area contributed by atoms with Crippen LogP contribution in [0, 0.1) is 5.82 Å². The number of aliphatic carboxylic acids is 1. The molecule has 0 atom stereocenters. The van der Waals surface area contributed by atoms with Crippen molar-refractivity contribution in [2.24, 2.45) is 0 Å². The van der Waals surface area contributed by atoms with Crippen LogP contribution in [0.4, 0.5) is 4.39 Å². The van der Waals surface area contributed by atoms with Gasteiger partial charge in [-0.25, -0.2) is 4.39 Å². The minimum absolute atomic E-state index is 0.0197. The lowest BCUT2D eigenvalue weighted by molar-refractivity contribution is -0.752. The Kier molecular flexibility index (Phi) is 3.57. The number of hydrogen-bond donors (Lipinski definition) is 1. The Morgan fingerprint density at radius 3 is 2.72 bits per heavy atom. The highest BCUT2D eigenvalue weighted by Gasteiger charge is 2.08. The Hall–Kier alpha value is -2.37. The molecule has 92 valence electrons. The van der Waals surface area contributed by atoms with E-state index in [0.29, 0.717) is 12.2 Å². The van der Waals surface area contributed by atoms with Crippen LogP contribution in [0.15, 0.2) is 36.8 Å². The number of aryl methyl sites for hydroxylation is 1. The number of carboxylic acids is 1. The maximum Gasteiger partial charge on any atom is 0.309 e. The average Bonchev–Trinajstić information content (AvgIpc) is 2.38. The fourth-order valence-corrected chi connectivity index (χ4v) is 1.42. The van der Waals surface area contributed by atoms with E-state index in [1.165, 1.54) is 10.7 Å². The van der Waals surface area contributed by atoms with Crippen molar-refractivity contribution in [1.29, 1.82) is 0 Å². The van der Waals surface area contributed by atoms with Crippen LogP contribution in [-0.4, -0.2) is 21.2 Å². The lowest BCUT2D eigenvalue weighted by Crippen LogP contribution is -2.38. The molecule has 1 N–H and O–H groups in total. The summed E-state index contributed by atoms with van der Waals surface area (Å²) in [4.78, 5) is 14.3. The van der Waals surface area contributed by atoms with Gasteiger partial charge < -0.3 is 5.11 Å². The van der Waals surface area contributed by atoms with Crippen LogP contribution < -0.4 is 4.68 Å². The van der Waals surface area contributed by atoms with Gasteiger partial charge in [0.2, 0.25) is 0 Å². The van der Waals surface area contributed by atoms with E-state index in [-0.39, 0.29) is 12.2 Å². The Morgan fingerprint density at radius 2 is 2.17 bits per heavy atom. The molecule has 2 heterocycles. The van der Waals surface area contributed by atoms with Crippen LogP contribution in [-0.2, 0) is 11.3 Å². The summed E-state index contributed by atoms with van der Waals surface area (Å²) in [6.07, 6.45) is 4.40. The SMILES string of the molecule is O=C(O)CC[n+]1ccc(-c2ccc(F)cn2)cn1. The molecule has 5 nitrogen and oxygen atoms in total. The highest BCUT2D eigenvalue weighted by atomic mass is 19.1. The predicted molar refractivity (Wildman–Crippen MR) is 59.9 cm³/mol. The number of hydrogen-bond acceptors (Lipinski definition) is 3. The molecule has 0 saturated carbocycles. The Balaban J connectivity index is 2.12. The molecule has 0 fully saturated rings. The Bertz CT molecular complexity index is 540. The maximum absolute atomic E-state index is 12.7. The van der Waals surface area contributed by atoms with E-state index in [0.717, 1.165) is 11.8 Å². The molecule has 0 spiro atoms. The molecule has 0 aliphatic rings. The van der Waals surface area contributed by atoms with Crippen molar-refractivity contribution in [2.75, 3.05) is 0 Å². The van der Waals surface area contributed by atoms with Crippen molar-refractivity contribution >= 4 is 5.97 Å². The molecule has 0 saturated heterocycles. The third-order valence-corrected chi connectivity index (χ3v) is 2.35. The minimum Gasteiger partial charge on any atom is -0.481 e. The Morgan fingerprint density at radius 1 is 1.33 bits per heavy atom. The fourth-order valence-electron chi connectivity index (χ4n) is 1.42. The van der Waals surface area contributed by atoms with Crippen LogP contribution in [0.2, 0.25) is 0 Å². The summed E-state index contributed by atoms with van der Waals surface area (Å²) < 4.78 is 14.2. The van der Waals surface area contributed by atoms with Gasteiger partial charge in [-0.3, -0.25) is 9.78 Å². The number of aromatic nitrogens is 3. The van der Waals surface area contributed by atoms with Crippen molar-refractivity contribution in [3.8, 4) is 11.3 Å². The first-order valence-corrected chi connectivity index (χ1v) is 5.34. The van der Waals surface area contributed by atoms with E-state index in [1.54, 1.807) is 24.5 Å². The van der Waals surface area contributed by atoms with Gasteiger partial charge in [0.1, 0.15) is 18.4 Å². The number of rotatable bonds is 4. The van der Waals surface area contributed by atoms with Gasteiger partial charge in [-0.15, -0.1) is 0 Å². The summed E-state index contributed by atoms with van der Waals surface area (Å²) in [5.41, 5.74) is 1.37. The highest BCUT2D eigenvalue weighted by molar-refractivity contribution is 5.66. The van der Waals surface area contributed by atoms with Crippen molar-refractivity contribution in [3.05, 3.63) is 42.6 Å². The summed E-state index contributed by atoms with van der Waals surface area (Å²) >= 11 is 0. The summed E-state index contributed by atoms with van der Waals surface area (Å²) in [6, 6.07) is 4.65. The first-order chi connectivity index (χ1) is 8.65. The van der Waals surface area contributed by atoms with Crippen LogP contribution in [0.3, 0.4) is 0 Å². The van der Waals surface area contributed by atoms with Crippen LogP contribution in [0.1, 0.15) is 6.42 Å².